The standard InChI is InChI=1S/C11H22N2O5/c1-11(2,3)18-10(16)13-6-8-17-9(15)12-5-4-7-14/h14H,4-8H2,1-3H3,(H,12,15)(H,13,16). The number of hydrogen-bond donors (Lipinski definition) is 3. The van der Waals surface area contributed by atoms with Crippen LogP contribution in [0, 0.1) is 0 Å². The number of carbonyl (C=O) groups excluding carboxylic acids is 2. The topological polar surface area (TPSA) is 96.9 Å². The summed E-state index contributed by atoms with van der Waals surface area (Å²) >= 11 is 0. The van der Waals surface area contributed by atoms with Crippen LogP contribution in [0.15, 0.2) is 0 Å². The average Bonchev–Trinajstić information content (AvgIpc) is 2.22. The van der Waals surface area contributed by atoms with Crippen LogP contribution in [0.3, 0.4) is 0 Å². The molecule has 18 heavy (non-hydrogen) atoms. The first-order valence-electron chi connectivity index (χ1n) is 5.83. The van der Waals surface area contributed by atoms with Crippen LogP contribution in [-0.2, 0) is 9.47 Å². The fourth-order valence-corrected chi connectivity index (χ4v) is 0.932. The van der Waals surface area contributed by atoms with Crippen LogP contribution in [0.4, 0.5) is 9.59 Å². The Bertz CT molecular complexity index is 263. The van der Waals surface area contributed by atoms with Gasteiger partial charge in [0.1, 0.15) is 12.2 Å². The van der Waals surface area contributed by atoms with Crippen LogP contribution < -0.4 is 10.6 Å². The van der Waals surface area contributed by atoms with Crippen LogP contribution in [0.1, 0.15) is 27.2 Å². The molecule has 3 N–H and O–H groups in total. The summed E-state index contributed by atoms with van der Waals surface area (Å²) in [5.41, 5.74) is -0.549. The van der Waals surface area contributed by atoms with Crippen molar-refractivity contribution in [2.45, 2.75) is 32.8 Å². The number of ether oxygens (including phenoxy) is 2. The van der Waals surface area contributed by atoms with E-state index in [1.54, 1.807) is 20.8 Å². The van der Waals surface area contributed by atoms with E-state index in [0.717, 1.165) is 0 Å². The highest BCUT2D eigenvalue weighted by atomic mass is 16.6. The second-order valence-corrected chi connectivity index (χ2v) is 4.57. The van der Waals surface area contributed by atoms with Crippen LogP contribution in [0.25, 0.3) is 0 Å². The van der Waals surface area contributed by atoms with Gasteiger partial charge in [0.25, 0.3) is 0 Å². The molecule has 0 saturated heterocycles. The fourth-order valence-electron chi connectivity index (χ4n) is 0.932. The van der Waals surface area contributed by atoms with E-state index < -0.39 is 17.8 Å². The predicted molar refractivity (Wildman–Crippen MR) is 65.3 cm³/mol. The Kier molecular flexibility index (Phi) is 7.86. The first-order chi connectivity index (χ1) is 8.35. The quantitative estimate of drug-likeness (QED) is 0.610. The highest BCUT2D eigenvalue weighted by molar-refractivity contribution is 5.68. The molecule has 0 atom stereocenters. The summed E-state index contributed by atoms with van der Waals surface area (Å²) in [6.07, 6.45) is -0.646. The van der Waals surface area contributed by atoms with Crippen molar-refractivity contribution < 1.29 is 24.2 Å². The number of amides is 2. The molecule has 7 heteroatoms. The van der Waals surface area contributed by atoms with Crippen molar-refractivity contribution in [3.63, 3.8) is 0 Å². The van der Waals surface area contributed by atoms with Gasteiger partial charge in [-0.05, 0) is 27.2 Å². The summed E-state index contributed by atoms with van der Waals surface area (Å²) in [7, 11) is 0. The highest BCUT2D eigenvalue weighted by Gasteiger charge is 2.15. The molecule has 0 aromatic rings. The van der Waals surface area contributed by atoms with E-state index in [9.17, 15) is 9.59 Å². The lowest BCUT2D eigenvalue weighted by atomic mass is 10.2. The molecular formula is C11H22N2O5. The van der Waals surface area contributed by atoms with Gasteiger partial charge in [0, 0.05) is 13.2 Å². The van der Waals surface area contributed by atoms with Crippen molar-refractivity contribution in [3.05, 3.63) is 0 Å². The minimum absolute atomic E-state index is 0.0144. The summed E-state index contributed by atoms with van der Waals surface area (Å²) < 4.78 is 9.76. The van der Waals surface area contributed by atoms with E-state index in [0.29, 0.717) is 13.0 Å². The number of nitrogens with one attached hydrogen (secondary N) is 2. The summed E-state index contributed by atoms with van der Waals surface area (Å²) in [6, 6.07) is 0. The molecule has 0 rings (SSSR count). The van der Waals surface area contributed by atoms with E-state index in [2.05, 4.69) is 10.6 Å². The lowest BCUT2D eigenvalue weighted by Gasteiger charge is -2.19. The zero-order valence-corrected chi connectivity index (χ0v) is 11.1. The number of aliphatic hydroxyl groups is 1. The monoisotopic (exact) mass is 262 g/mol. The smallest absolute Gasteiger partial charge is 0.407 e. The normalized spacial score (nSPS) is 10.7. The Hall–Kier alpha value is -1.50. The third-order valence-electron chi connectivity index (χ3n) is 1.61. The van der Waals surface area contributed by atoms with Gasteiger partial charge in [-0.3, -0.25) is 0 Å². The second kappa shape index (κ2) is 8.57. The van der Waals surface area contributed by atoms with Crippen molar-refractivity contribution in [3.8, 4) is 0 Å². The van der Waals surface area contributed by atoms with E-state index in [1.807, 2.05) is 0 Å². The van der Waals surface area contributed by atoms with Crippen LogP contribution in [-0.4, -0.2) is 49.2 Å². The lowest BCUT2D eigenvalue weighted by Crippen LogP contribution is -2.35. The molecule has 0 unspecified atom stereocenters. The first-order valence-corrected chi connectivity index (χ1v) is 5.83. The van der Waals surface area contributed by atoms with Gasteiger partial charge in [0.2, 0.25) is 0 Å². The molecule has 7 nitrogen and oxygen atoms in total. The fraction of sp³-hybridized carbons (Fsp3) is 0.818. The summed E-state index contributed by atoms with van der Waals surface area (Å²) in [5, 5.41) is 13.4. The third-order valence-corrected chi connectivity index (χ3v) is 1.61. The van der Waals surface area contributed by atoms with Gasteiger partial charge in [-0.25, -0.2) is 9.59 Å². The molecule has 0 aliphatic heterocycles. The third kappa shape index (κ3) is 11.0. The van der Waals surface area contributed by atoms with Crippen LogP contribution in [0.5, 0.6) is 0 Å². The number of carbonyl (C=O) groups is 2. The zero-order chi connectivity index (χ0) is 14.0. The predicted octanol–water partition coefficient (Wildman–Crippen LogP) is 0.620. The number of rotatable bonds is 6. The second-order valence-electron chi connectivity index (χ2n) is 4.57. The molecule has 106 valence electrons. The Morgan fingerprint density at radius 3 is 2.28 bits per heavy atom. The summed E-state index contributed by atoms with van der Waals surface area (Å²) in [6.45, 7) is 5.90. The van der Waals surface area contributed by atoms with Crippen molar-refractivity contribution in [1.82, 2.24) is 10.6 Å². The van der Waals surface area contributed by atoms with Gasteiger partial charge in [-0.2, -0.15) is 0 Å². The molecule has 0 fully saturated rings. The molecule has 0 aromatic carbocycles. The minimum Gasteiger partial charge on any atom is -0.448 e. The Labute approximate surface area is 107 Å². The maximum absolute atomic E-state index is 11.2. The molecule has 0 bridgehead atoms. The van der Waals surface area contributed by atoms with E-state index >= 15 is 0 Å². The van der Waals surface area contributed by atoms with Gasteiger partial charge in [0.05, 0.1) is 6.54 Å². The SMILES string of the molecule is CC(C)(C)OC(=O)NCCOC(=O)NCCCO. The van der Waals surface area contributed by atoms with Crippen molar-refractivity contribution in [2.75, 3.05) is 26.3 Å². The highest BCUT2D eigenvalue weighted by Crippen LogP contribution is 2.05. The van der Waals surface area contributed by atoms with E-state index in [4.69, 9.17) is 14.6 Å². The van der Waals surface area contributed by atoms with Gasteiger partial charge in [-0.1, -0.05) is 0 Å². The van der Waals surface area contributed by atoms with E-state index in [1.165, 1.54) is 0 Å². The molecular weight excluding hydrogens is 240 g/mol. The van der Waals surface area contributed by atoms with Gasteiger partial charge in [0.15, 0.2) is 0 Å². The number of alkyl carbamates (subject to hydrolysis) is 2. The Morgan fingerprint density at radius 2 is 1.72 bits per heavy atom. The largest absolute Gasteiger partial charge is 0.448 e. The van der Waals surface area contributed by atoms with E-state index in [-0.39, 0.29) is 19.8 Å². The van der Waals surface area contributed by atoms with Crippen LogP contribution >= 0.6 is 0 Å². The summed E-state index contributed by atoms with van der Waals surface area (Å²) in [5.74, 6) is 0. The molecule has 0 radical (unpaired) electrons. The van der Waals surface area contributed by atoms with Crippen molar-refractivity contribution in [1.29, 1.82) is 0 Å². The average molecular weight is 262 g/mol. The summed E-state index contributed by atoms with van der Waals surface area (Å²) in [4.78, 5) is 22.2. The molecule has 0 spiro atoms. The van der Waals surface area contributed by atoms with Crippen LogP contribution in [0.2, 0.25) is 0 Å². The van der Waals surface area contributed by atoms with Crippen molar-refractivity contribution >= 4 is 12.2 Å². The molecule has 2 amide bonds. The molecule has 0 aliphatic rings. The molecule has 0 aromatic heterocycles. The lowest BCUT2D eigenvalue weighted by molar-refractivity contribution is 0.0511. The number of aliphatic hydroxyl groups excluding tert-OH is 1. The van der Waals surface area contributed by atoms with Crippen molar-refractivity contribution in [2.24, 2.45) is 0 Å². The molecule has 0 aliphatic carbocycles. The van der Waals surface area contributed by atoms with Gasteiger partial charge >= 0.3 is 12.2 Å². The zero-order valence-electron chi connectivity index (χ0n) is 11.1. The first kappa shape index (κ1) is 16.5. The van der Waals surface area contributed by atoms with Gasteiger partial charge in [-0.15, -0.1) is 0 Å². The minimum atomic E-state index is -0.575. The molecule has 0 saturated carbocycles. The molecule has 0 heterocycles. The van der Waals surface area contributed by atoms with Gasteiger partial charge < -0.3 is 25.2 Å². The number of hydrogen-bond acceptors (Lipinski definition) is 5. The maximum Gasteiger partial charge on any atom is 0.407 e. The Balaban J connectivity index is 3.50. The maximum atomic E-state index is 11.2. The Morgan fingerprint density at radius 1 is 1.11 bits per heavy atom.